The number of H-pyrrole nitrogens is 1. The van der Waals surface area contributed by atoms with E-state index in [9.17, 15) is 24.8 Å². The number of likely N-dealkylation sites (N-methyl/N-ethyl adjacent to an activating group) is 1. The van der Waals surface area contributed by atoms with E-state index in [1.165, 1.54) is 11.9 Å². The maximum atomic E-state index is 11.4. The average molecular weight is 228 g/mol. The Kier molecular flexibility index (Phi) is 2.05. The van der Waals surface area contributed by atoms with Crippen LogP contribution in [0, 0.1) is 10.1 Å². The first kappa shape index (κ1) is 10.4. The summed E-state index contributed by atoms with van der Waals surface area (Å²) in [4.78, 5) is 35.6. The lowest BCUT2D eigenvalue weighted by Gasteiger charge is -2.08. The molecule has 9 nitrogen and oxygen atoms in total. The second-order valence-corrected chi connectivity index (χ2v) is 3.42. The second-order valence-electron chi connectivity index (χ2n) is 3.42. The molecule has 16 heavy (non-hydrogen) atoms. The largest absolute Gasteiger partial charge is 0.374 e. The molecule has 0 aliphatic carbocycles. The molecule has 1 aliphatic heterocycles. The Bertz CT molecular complexity index is 573. The van der Waals surface area contributed by atoms with Gasteiger partial charge in [0.05, 0.1) is 11.5 Å². The number of β-amino-alcohol motifs (C(OH)–C–C–N with tert-alkyl or cyclic N) is 1. The lowest BCUT2D eigenvalue weighted by Crippen LogP contribution is -2.32. The van der Waals surface area contributed by atoms with Crippen LogP contribution in [-0.2, 0) is 0 Å². The summed E-state index contributed by atoms with van der Waals surface area (Å²) in [6.07, 6.45) is -1.19. The van der Waals surface area contributed by atoms with Crippen LogP contribution in [0.2, 0.25) is 0 Å². The monoisotopic (exact) mass is 228 g/mol. The minimum atomic E-state index is -1.19. The summed E-state index contributed by atoms with van der Waals surface area (Å²) in [5.74, 6) is -0.175. The van der Waals surface area contributed by atoms with Crippen molar-refractivity contribution in [3.05, 3.63) is 31.0 Å². The van der Waals surface area contributed by atoms with Gasteiger partial charge in [0.1, 0.15) is 0 Å². The molecule has 0 radical (unpaired) electrons. The van der Waals surface area contributed by atoms with E-state index in [1.54, 1.807) is 4.98 Å². The number of anilines is 1. The SMILES string of the molecule is CN1C[C@@H](O)n2c1c([N+](=O)[O-])c(=O)[nH]c2=O. The fraction of sp³-hybridized carbons (Fsp3) is 0.429. The first-order valence-corrected chi connectivity index (χ1v) is 4.36. The Morgan fingerprint density at radius 3 is 2.75 bits per heavy atom. The molecule has 1 atom stereocenters. The third-order valence-electron chi connectivity index (χ3n) is 2.37. The third kappa shape index (κ3) is 1.21. The van der Waals surface area contributed by atoms with Crippen molar-refractivity contribution in [2.45, 2.75) is 6.23 Å². The van der Waals surface area contributed by atoms with Crippen molar-refractivity contribution in [3.63, 3.8) is 0 Å². The van der Waals surface area contributed by atoms with Gasteiger partial charge in [-0.2, -0.15) is 0 Å². The molecule has 0 saturated carbocycles. The Hall–Kier alpha value is -2.16. The van der Waals surface area contributed by atoms with Gasteiger partial charge in [-0.3, -0.25) is 19.9 Å². The Balaban J connectivity index is 2.90. The van der Waals surface area contributed by atoms with Crippen molar-refractivity contribution in [2.75, 3.05) is 18.5 Å². The second kappa shape index (κ2) is 3.17. The fourth-order valence-corrected chi connectivity index (χ4v) is 1.75. The fourth-order valence-electron chi connectivity index (χ4n) is 1.75. The zero-order valence-electron chi connectivity index (χ0n) is 8.21. The van der Waals surface area contributed by atoms with E-state index < -0.39 is 28.1 Å². The summed E-state index contributed by atoms with van der Waals surface area (Å²) in [5.41, 5.74) is -2.66. The normalized spacial score (nSPS) is 18.6. The zero-order valence-corrected chi connectivity index (χ0v) is 8.21. The van der Waals surface area contributed by atoms with E-state index >= 15 is 0 Å². The maximum Gasteiger partial charge on any atom is 0.374 e. The number of nitro groups is 1. The molecule has 9 heteroatoms. The molecule has 0 fully saturated rings. The molecule has 0 spiro atoms. The van der Waals surface area contributed by atoms with E-state index in [1.807, 2.05) is 0 Å². The highest BCUT2D eigenvalue weighted by Gasteiger charge is 2.35. The molecule has 0 saturated heterocycles. The first-order valence-electron chi connectivity index (χ1n) is 4.36. The quantitative estimate of drug-likeness (QED) is 0.440. The summed E-state index contributed by atoms with van der Waals surface area (Å²) in [5, 5.41) is 20.2. The molecule has 0 unspecified atom stereocenters. The van der Waals surface area contributed by atoms with Crippen LogP contribution in [0.25, 0.3) is 0 Å². The molecule has 1 aromatic heterocycles. The van der Waals surface area contributed by atoms with E-state index in [0.717, 1.165) is 4.57 Å². The van der Waals surface area contributed by atoms with Crippen LogP contribution in [-0.4, -0.2) is 33.2 Å². The summed E-state index contributed by atoms with van der Waals surface area (Å²) in [7, 11) is 1.45. The molecule has 2 N–H and O–H groups in total. The van der Waals surface area contributed by atoms with Crippen molar-refractivity contribution in [3.8, 4) is 0 Å². The Labute approximate surface area is 87.7 Å². The lowest BCUT2D eigenvalue weighted by molar-refractivity contribution is -0.385. The summed E-state index contributed by atoms with van der Waals surface area (Å²) >= 11 is 0. The molecule has 0 amide bonds. The summed E-state index contributed by atoms with van der Waals surface area (Å²) < 4.78 is 0.791. The number of aromatic nitrogens is 2. The molecule has 2 rings (SSSR count). The van der Waals surface area contributed by atoms with Gasteiger partial charge in [0.25, 0.3) is 0 Å². The Morgan fingerprint density at radius 2 is 2.19 bits per heavy atom. The molecular formula is C7H8N4O5. The van der Waals surface area contributed by atoms with Crippen LogP contribution >= 0.6 is 0 Å². The van der Waals surface area contributed by atoms with Gasteiger partial charge in [0, 0.05) is 7.05 Å². The number of aliphatic hydroxyl groups is 1. The molecule has 2 heterocycles. The first-order chi connectivity index (χ1) is 7.43. The molecule has 0 aromatic carbocycles. The highest BCUT2D eigenvalue weighted by atomic mass is 16.6. The highest BCUT2D eigenvalue weighted by Crippen LogP contribution is 2.29. The van der Waals surface area contributed by atoms with Gasteiger partial charge >= 0.3 is 16.9 Å². The van der Waals surface area contributed by atoms with Crippen LogP contribution < -0.4 is 16.1 Å². The summed E-state index contributed by atoms with van der Waals surface area (Å²) in [6.45, 7) is 0.0212. The minimum Gasteiger partial charge on any atom is -0.371 e. The van der Waals surface area contributed by atoms with E-state index in [-0.39, 0.29) is 12.4 Å². The smallest absolute Gasteiger partial charge is 0.371 e. The molecular weight excluding hydrogens is 220 g/mol. The molecule has 0 bridgehead atoms. The van der Waals surface area contributed by atoms with Crippen LogP contribution in [0.15, 0.2) is 9.59 Å². The topological polar surface area (TPSA) is 121 Å². The standard InChI is InChI=1S/C7H8N4O5/c1-9-2-3(12)10-6(9)4(11(15)16)5(13)8-7(10)14/h3,12H,2H2,1H3,(H,8,13,14)/t3-/m1/s1. The number of nitrogens with one attached hydrogen (secondary N) is 1. The van der Waals surface area contributed by atoms with Gasteiger partial charge in [-0.15, -0.1) is 0 Å². The van der Waals surface area contributed by atoms with Crippen LogP contribution in [0.4, 0.5) is 11.5 Å². The maximum absolute atomic E-state index is 11.4. The average Bonchev–Trinajstić information content (AvgIpc) is 2.41. The molecule has 1 aliphatic rings. The van der Waals surface area contributed by atoms with Gasteiger partial charge in [-0.05, 0) is 0 Å². The number of hydrogen-bond donors (Lipinski definition) is 2. The van der Waals surface area contributed by atoms with Crippen molar-refractivity contribution in [1.29, 1.82) is 0 Å². The van der Waals surface area contributed by atoms with Crippen LogP contribution in [0.1, 0.15) is 6.23 Å². The highest BCUT2D eigenvalue weighted by molar-refractivity contribution is 5.58. The van der Waals surface area contributed by atoms with E-state index in [0.29, 0.717) is 0 Å². The van der Waals surface area contributed by atoms with Crippen molar-refractivity contribution in [1.82, 2.24) is 9.55 Å². The predicted octanol–water partition coefficient (Wildman–Crippen LogP) is -1.61. The van der Waals surface area contributed by atoms with Gasteiger partial charge in [-0.25, -0.2) is 9.36 Å². The van der Waals surface area contributed by atoms with Crippen molar-refractivity contribution < 1.29 is 10.0 Å². The number of hydrogen-bond acceptors (Lipinski definition) is 6. The minimum absolute atomic E-state index is 0.0212. The predicted molar refractivity (Wildman–Crippen MR) is 52.5 cm³/mol. The Morgan fingerprint density at radius 1 is 1.56 bits per heavy atom. The number of aromatic amines is 1. The number of aliphatic hydroxyl groups excluding tert-OH is 1. The number of nitrogens with zero attached hydrogens (tertiary/aromatic N) is 3. The molecule has 86 valence electrons. The third-order valence-corrected chi connectivity index (χ3v) is 2.37. The summed E-state index contributed by atoms with van der Waals surface area (Å²) in [6, 6.07) is 0. The van der Waals surface area contributed by atoms with E-state index in [4.69, 9.17) is 0 Å². The van der Waals surface area contributed by atoms with Gasteiger partial charge in [0.2, 0.25) is 5.82 Å². The number of fused-ring (bicyclic) bond motifs is 1. The van der Waals surface area contributed by atoms with Crippen LogP contribution in [0.5, 0.6) is 0 Å². The number of rotatable bonds is 1. The van der Waals surface area contributed by atoms with Gasteiger partial charge in [0.15, 0.2) is 6.23 Å². The van der Waals surface area contributed by atoms with Crippen LogP contribution in [0.3, 0.4) is 0 Å². The van der Waals surface area contributed by atoms with Crippen molar-refractivity contribution in [2.24, 2.45) is 0 Å². The zero-order chi connectivity index (χ0) is 12.0. The molecule has 1 aromatic rings. The lowest BCUT2D eigenvalue weighted by atomic mass is 10.4. The van der Waals surface area contributed by atoms with Gasteiger partial charge in [-0.1, -0.05) is 0 Å². The van der Waals surface area contributed by atoms with E-state index in [2.05, 4.69) is 0 Å². The van der Waals surface area contributed by atoms with Gasteiger partial charge < -0.3 is 10.0 Å². The van der Waals surface area contributed by atoms with Crippen molar-refractivity contribution >= 4 is 11.5 Å².